The number of likely N-dealkylation sites (tertiary alicyclic amines) is 1. The van der Waals surface area contributed by atoms with Gasteiger partial charge in [0.2, 0.25) is 5.88 Å². The van der Waals surface area contributed by atoms with Crippen molar-refractivity contribution in [3.05, 3.63) is 29.7 Å². The van der Waals surface area contributed by atoms with Crippen LogP contribution in [0.3, 0.4) is 0 Å². The van der Waals surface area contributed by atoms with Crippen LogP contribution in [-0.4, -0.2) is 50.6 Å². The second-order valence-electron chi connectivity index (χ2n) is 4.91. The molecule has 0 atom stereocenters. The molecule has 21 heavy (non-hydrogen) atoms. The third-order valence-electron chi connectivity index (χ3n) is 3.47. The van der Waals surface area contributed by atoms with Crippen LogP contribution in [0.25, 0.3) is 0 Å². The maximum atomic E-state index is 12.4. The lowest BCUT2D eigenvalue weighted by Crippen LogP contribution is -2.50. The molecule has 0 aromatic carbocycles. The van der Waals surface area contributed by atoms with Crippen LogP contribution in [0.15, 0.2) is 18.6 Å². The predicted octanol–water partition coefficient (Wildman–Crippen LogP) is 0.194. The van der Waals surface area contributed by atoms with E-state index in [4.69, 9.17) is 10.00 Å². The number of aryl methyl sites for hydroxylation is 1. The molecule has 1 saturated heterocycles. The van der Waals surface area contributed by atoms with Crippen LogP contribution in [0, 0.1) is 11.3 Å². The highest BCUT2D eigenvalue weighted by Gasteiger charge is 2.34. The summed E-state index contributed by atoms with van der Waals surface area (Å²) < 4.78 is 8.38. The highest BCUT2D eigenvalue weighted by molar-refractivity contribution is 5.96. The van der Waals surface area contributed by atoms with Crippen molar-refractivity contribution in [3.8, 4) is 11.9 Å². The summed E-state index contributed by atoms with van der Waals surface area (Å²) in [6.45, 7) is 1.12. The number of hydrogen-bond donors (Lipinski definition) is 0. The first-order valence-corrected chi connectivity index (χ1v) is 6.43. The third kappa shape index (κ3) is 2.23. The van der Waals surface area contributed by atoms with Crippen molar-refractivity contribution in [1.82, 2.24) is 24.5 Å². The van der Waals surface area contributed by atoms with Gasteiger partial charge >= 0.3 is 0 Å². The molecule has 0 N–H and O–H groups in total. The molecular weight excluding hydrogens is 272 g/mol. The molecular formula is C13H14N6O2. The minimum absolute atomic E-state index is 0.108. The van der Waals surface area contributed by atoms with E-state index < -0.39 is 0 Å². The smallest absolute Gasteiger partial charge is 0.261 e. The second kappa shape index (κ2) is 4.94. The molecule has 0 spiro atoms. The molecule has 3 rings (SSSR count). The Hall–Kier alpha value is -2.82. The van der Waals surface area contributed by atoms with Crippen LogP contribution in [0.4, 0.5) is 0 Å². The molecule has 0 saturated carbocycles. The number of ether oxygens (including phenoxy) is 1. The number of hydrogen-bond acceptors (Lipinski definition) is 5. The highest BCUT2D eigenvalue weighted by atomic mass is 16.5. The Kier molecular flexibility index (Phi) is 3.10. The molecule has 8 nitrogen and oxygen atoms in total. The molecule has 0 radical (unpaired) electrons. The molecule has 1 fully saturated rings. The molecule has 0 unspecified atom stereocenters. The summed E-state index contributed by atoms with van der Waals surface area (Å²) in [7, 11) is 3.23. The number of rotatable bonds is 3. The van der Waals surface area contributed by atoms with Crippen LogP contribution >= 0.6 is 0 Å². The van der Waals surface area contributed by atoms with Gasteiger partial charge in [0, 0.05) is 32.5 Å². The summed E-state index contributed by atoms with van der Waals surface area (Å²) >= 11 is 0. The number of carbonyl (C=O) groups is 1. The standard InChI is InChI=1S/C13H14N6O2/c1-17-8-11(12(16-17)21-2)13(20)18-6-10(7-18)19-5-9(3-14)4-15-19/h4-5,8,10H,6-7H2,1-2H3. The summed E-state index contributed by atoms with van der Waals surface area (Å²) in [5, 5.41) is 17.0. The van der Waals surface area contributed by atoms with Crippen molar-refractivity contribution in [2.24, 2.45) is 7.05 Å². The summed E-state index contributed by atoms with van der Waals surface area (Å²) in [5.74, 6) is 0.223. The topological polar surface area (TPSA) is 89.0 Å². The van der Waals surface area contributed by atoms with Gasteiger partial charge in [0.25, 0.3) is 5.91 Å². The largest absolute Gasteiger partial charge is 0.479 e. The molecule has 0 aliphatic carbocycles. The van der Waals surface area contributed by atoms with E-state index in [1.165, 1.54) is 13.3 Å². The van der Waals surface area contributed by atoms with Crippen molar-refractivity contribution in [2.45, 2.75) is 6.04 Å². The van der Waals surface area contributed by atoms with Gasteiger partial charge in [0.15, 0.2) is 0 Å². The lowest BCUT2D eigenvalue weighted by Gasteiger charge is -2.38. The van der Waals surface area contributed by atoms with E-state index in [1.54, 1.807) is 33.7 Å². The van der Waals surface area contributed by atoms with E-state index in [1.807, 2.05) is 6.07 Å². The molecule has 1 aliphatic rings. The summed E-state index contributed by atoms with van der Waals surface area (Å²) in [5.41, 5.74) is 0.977. The van der Waals surface area contributed by atoms with Crippen LogP contribution < -0.4 is 4.74 Å². The van der Waals surface area contributed by atoms with Crippen LogP contribution in [0.1, 0.15) is 22.0 Å². The van der Waals surface area contributed by atoms with Gasteiger partial charge in [-0.25, -0.2) is 0 Å². The quantitative estimate of drug-likeness (QED) is 0.803. The molecule has 2 aromatic rings. The van der Waals surface area contributed by atoms with E-state index in [-0.39, 0.29) is 11.9 Å². The fraction of sp³-hybridized carbons (Fsp3) is 0.385. The van der Waals surface area contributed by atoms with E-state index in [0.29, 0.717) is 30.1 Å². The lowest BCUT2D eigenvalue weighted by atomic mass is 10.1. The normalized spacial score (nSPS) is 14.6. The summed E-state index contributed by atoms with van der Waals surface area (Å²) in [6.07, 6.45) is 4.86. The van der Waals surface area contributed by atoms with Gasteiger partial charge in [-0.2, -0.15) is 10.4 Å². The number of nitrogens with zero attached hydrogens (tertiary/aromatic N) is 6. The summed E-state index contributed by atoms with van der Waals surface area (Å²) in [6, 6.07) is 2.15. The maximum absolute atomic E-state index is 12.4. The van der Waals surface area contributed by atoms with Gasteiger partial charge in [-0.15, -0.1) is 5.10 Å². The molecule has 0 bridgehead atoms. The van der Waals surface area contributed by atoms with Crippen molar-refractivity contribution < 1.29 is 9.53 Å². The first-order chi connectivity index (χ1) is 10.1. The first-order valence-electron chi connectivity index (χ1n) is 6.43. The minimum Gasteiger partial charge on any atom is -0.479 e. The Morgan fingerprint density at radius 1 is 1.48 bits per heavy atom. The van der Waals surface area contributed by atoms with Gasteiger partial charge in [0.05, 0.1) is 24.9 Å². The average molecular weight is 286 g/mol. The molecule has 8 heteroatoms. The van der Waals surface area contributed by atoms with E-state index >= 15 is 0 Å². The number of nitriles is 1. The summed E-state index contributed by atoms with van der Waals surface area (Å²) in [4.78, 5) is 14.1. The fourth-order valence-corrected chi connectivity index (χ4v) is 2.32. The van der Waals surface area contributed by atoms with Crippen LogP contribution in [0.5, 0.6) is 5.88 Å². The van der Waals surface area contributed by atoms with Gasteiger partial charge < -0.3 is 9.64 Å². The lowest BCUT2D eigenvalue weighted by molar-refractivity contribution is 0.0498. The SMILES string of the molecule is COc1nn(C)cc1C(=O)N1CC(n2cc(C#N)cn2)C1. The maximum Gasteiger partial charge on any atom is 0.261 e. The van der Waals surface area contributed by atoms with Gasteiger partial charge in [-0.3, -0.25) is 14.2 Å². The Bertz CT molecular complexity index is 719. The Balaban J connectivity index is 1.68. The highest BCUT2D eigenvalue weighted by Crippen LogP contribution is 2.25. The Morgan fingerprint density at radius 3 is 2.86 bits per heavy atom. The molecule has 3 heterocycles. The van der Waals surface area contributed by atoms with Crippen molar-refractivity contribution in [1.29, 1.82) is 5.26 Å². The third-order valence-corrected chi connectivity index (χ3v) is 3.47. The fourth-order valence-electron chi connectivity index (χ4n) is 2.32. The van der Waals surface area contributed by atoms with Crippen molar-refractivity contribution in [3.63, 3.8) is 0 Å². The van der Waals surface area contributed by atoms with Crippen LogP contribution in [0.2, 0.25) is 0 Å². The monoisotopic (exact) mass is 286 g/mol. The number of carbonyl (C=O) groups excluding carboxylic acids is 1. The molecule has 1 amide bonds. The minimum atomic E-state index is -0.108. The number of methoxy groups -OCH3 is 1. The second-order valence-corrected chi connectivity index (χ2v) is 4.91. The average Bonchev–Trinajstić information content (AvgIpc) is 3.03. The van der Waals surface area contributed by atoms with Crippen LogP contribution in [-0.2, 0) is 7.05 Å². The zero-order chi connectivity index (χ0) is 15.0. The molecule has 2 aromatic heterocycles. The number of aromatic nitrogens is 4. The van der Waals surface area contributed by atoms with E-state index in [9.17, 15) is 4.79 Å². The molecule has 108 valence electrons. The Morgan fingerprint density at radius 2 is 2.24 bits per heavy atom. The van der Waals surface area contributed by atoms with Gasteiger partial charge in [0.1, 0.15) is 11.6 Å². The zero-order valence-corrected chi connectivity index (χ0v) is 11.7. The van der Waals surface area contributed by atoms with Crippen molar-refractivity contribution in [2.75, 3.05) is 20.2 Å². The van der Waals surface area contributed by atoms with E-state index in [0.717, 1.165) is 0 Å². The predicted molar refractivity (Wildman–Crippen MR) is 71.6 cm³/mol. The van der Waals surface area contributed by atoms with Gasteiger partial charge in [-0.1, -0.05) is 0 Å². The van der Waals surface area contributed by atoms with Crippen molar-refractivity contribution >= 4 is 5.91 Å². The zero-order valence-electron chi connectivity index (χ0n) is 11.7. The van der Waals surface area contributed by atoms with E-state index in [2.05, 4.69) is 10.2 Å². The molecule has 1 aliphatic heterocycles. The number of amides is 1. The van der Waals surface area contributed by atoms with Gasteiger partial charge in [-0.05, 0) is 0 Å². The first kappa shape index (κ1) is 13.2. The Labute approximate surface area is 121 Å².